The summed E-state index contributed by atoms with van der Waals surface area (Å²) in [6.07, 6.45) is 10.2. The molecule has 2 heterocycles. The number of ether oxygens (including phenoxy) is 2. The fourth-order valence-corrected chi connectivity index (χ4v) is 5.26. The van der Waals surface area contributed by atoms with Gasteiger partial charge in [0.2, 0.25) is 0 Å². The van der Waals surface area contributed by atoms with E-state index in [2.05, 4.69) is 19.9 Å². The Labute approximate surface area is 265 Å². The fraction of sp³-hybridized carbons (Fsp3) is 0.162. The van der Waals surface area contributed by atoms with Crippen LogP contribution in [0.1, 0.15) is 40.2 Å². The molecule has 232 valence electrons. The van der Waals surface area contributed by atoms with Crippen molar-refractivity contribution in [2.75, 3.05) is 13.2 Å². The molecule has 0 saturated carbocycles. The maximum Gasteiger partial charge on any atom is 0.194 e. The summed E-state index contributed by atoms with van der Waals surface area (Å²) in [7, 11) is 0. The van der Waals surface area contributed by atoms with Crippen LogP contribution < -0.4 is 9.47 Å². The first-order valence-corrected chi connectivity index (χ1v) is 15.1. The molecule has 6 aromatic rings. The predicted molar refractivity (Wildman–Crippen MR) is 172 cm³/mol. The van der Waals surface area contributed by atoms with E-state index < -0.39 is 11.6 Å². The zero-order valence-electron chi connectivity index (χ0n) is 25.0. The molecule has 6 rings (SSSR count). The minimum absolute atomic E-state index is 0.305. The number of aryl methyl sites for hydroxylation is 2. The van der Waals surface area contributed by atoms with Crippen molar-refractivity contribution < 1.29 is 23.0 Å². The van der Waals surface area contributed by atoms with Gasteiger partial charge in [0.15, 0.2) is 5.78 Å². The van der Waals surface area contributed by atoms with Crippen LogP contribution in [0.2, 0.25) is 0 Å². The number of halogens is 2. The van der Waals surface area contributed by atoms with Crippen molar-refractivity contribution in [1.29, 1.82) is 0 Å². The topological polar surface area (TPSA) is 92.9 Å². The Kier molecular flexibility index (Phi) is 9.58. The van der Waals surface area contributed by atoms with Gasteiger partial charge in [-0.25, -0.2) is 18.7 Å². The monoisotopic (exact) mass is 618 g/mol. The van der Waals surface area contributed by atoms with E-state index in [-0.39, 0.29) is 5.78 Å². The summed E-state index contributed by atoms with van der Waals surface area (Å²) in [4.78, 5) is 28.2. The lowest BCUT2D eigenvalue weighted by Crippen LogP contribution is -2.07. The van der Waals surface area contributed by atoms with Gasteiger partial charge in [0.25, 0.3) is 0 Å². The van der Waals surface area contributed by atoms with E-state index in [1.165, 1.54) is 36.4 Å². The molecule has 9 heteroatoms. The number of imidazole rings is 2. The molecule has 0 unspecified atom stereocenters. The van der Waals surface area contributed by atoms with Gasteiger partial charge in [-0.05, 0) is 109 Å². The molecule has 0 amide bonds. The lowest BCUT2D eigenvalue weighted by atomic mass is 9.89. The normalized spacial score (nSPS) is 11.0. The third-order valence-electron chi connectivity index (χ3n) is 7.61. The van der Waals surface area contributed by atoms with Gasteiger partial charge in [-0.3, -0.25) is 4.79 Å². The molecule has 0 spiro atoms. The molecule has 0 aliphatic heterocycles. The number of carbonyl (C=O) groups is 1. The molecule has 0 fully saturated rings. The SMILES string of the molecule is O=C(c1ccc(F)cc1-c1ccc(OCCCc2cnc[nH]2)cc1)c1ccc(F)cc1-c1ccc(OCCCc2cnc[nH]2)cc1. The Morgan fingerprint density at radius 1 is 0.609 bits per heavy atom. The van der Waals surface area contributed by atoms with Gasteiger partial charge in [0.1, 0.15) is 23.1 Å². The van der Waals surface area contributed by atoms with Crippen LogP contribution in [0.3, 0.4) is 0 Å². The third-order valence-corrected chi connectivity index (χ3v) is 7.61. The largest absolute Gasteiger partial charge is 0.494 e. The van der Waals surface area contributed by atoms with Crippen LogP contribution in [-0.2, 0) is 12.8 Å². The van der Waals surface area contributed by atoms with Crippen molar-refractivity contribution >= 4 is 5.78 Å². The molecule has 0 aliphatic rings. The Morgan fingerprint density at radius 3 is 1.43 bits per heavy atom. The van der Waals surface area contributed by atoms with Crippen molar-refractivity contribution in [3.63, 3.8) is 0 Å². The average molecular weight is 619 g/mol. The quantitative estimate of drug-likeness (QED) is 0.0953. The third kappa shape index (κ3) is 7.55. The first-order chi connectivity index (χ1) is 22.5. The molecule has 0 bridgehead atoms. The highest BCUT2D eigenvalue weighted by Crippen LogP contribution is 2.33. The van der Waals surface area contributed by atoms with Crippen LogP contribution in [0.4, 0.5) is 8.78 Å². The number of hydrogen-bond donors (Lipinski definition) is 2. The summed E-state index contributed by atoms with van der Waals surface area (Å²) in [5.41, 5.74) is 4.89. The number of nitrogens with zero attached hydrogens (tertiary/aromatic N) is 2. The number of nitrogens with one attached hydrogen (secondary N) is 2. The molecule has 2 aromatic heterocycles. The molecular weight excluding hydrogens is 586 g/mol. The van der Waals surface area contributed by atoms with E-state index in [4.69, 9.17) is 9.47 Å². The van der Waals surface area contributed by atoms with E-state index in [1.807, 2.05) is 0 Å². The van der Waals surface area contributed by atoms with Gasteiger partial charge >= 0.3 is 0 Å². The molecule has 0 aliphatic carbocycles. The number of aromatic nitrogens is 4. The number of H-pyrrole nitrogens is 2. The van der Waals surface area contributed by atoms with Gasteiger partial charge in [0.05, 0.1) is 25.9 Å². The second-order valence-electron chi connectivity index (χ2n) is 10.8. The van der Waals surface area contributed by atoms with Gasteiger partial charge in [-0.15, -0.1) is 0 Å². The van der Waals surface area contributed by atoms with Gasteiger partial charge in [-0.2, -0.15) is 0 Å². The van der Waals surface area contributed by atoms with Gasteiger partial charge < -0.3 is 19.4 Å². The van der Waals surface area contributed by atoms with Crippen molar-refractivity contribution in [3.8, 4) is 33.8 Å². The van der Waals surface area contributed by atoms with Crippen LogP contribution in [-0.4, -0.2) is 38.9 Å². The zero-order chi connectivity index (χ0) is 31.7. The number of hydrogen-bond acceptors (Lipinski definition) is 5. The Morgan fingerprint density at radius 2 is 1.04 bits per heavy atom. The lowest BCUT2D eigenvalue weighted by molar-refractivity contribution is 0.104. The number of ketones is 1. The smallest absolute Gasteiger partial charge is 0.194 e. The Balaban J connectivity index is 1.17. The van der Waals surface area contributed by atoms with Crippen LogP contribution in [0.25, 0.3) is 22.3 Å². The minimum Gasteiger partial charge on any atom is -0.494 e. The Bertz CT molecular complexity index is 1730. The summed E-state index contributed by atoms with van der Waals surface area (Å²) in [5.74, 6) is 0.0611. The second kappa shape index (κ2) is 14.5. The van der Waals surface area contributed by atoms with E-state index in [1.54, 1.807) is 73.6 Å². The number of carbonyl (C=O) groups excluding carboxylic acids is 1. The van der Waals surface area contributed by atoms with Gasteiger partial charge in [0, 0.05) is 34.9 Å². The molecule has 0 radical (unpaired) electrons. The summed E-state index contributed by atoms with van der Waals surface area (Å²) < 4.78 is 40.8. The number of aromatic amines is 2. The molecule has 7 nitrogen and oxygen atoms in total. The number of benzene rings is 4. The summed E-state index contributed by atoms with van der Waals surface area (Å²) in [6.45, 7) is 1.04. The summed E-state index contributed by atoms with van der Waals surface area (Å²) in [5, 5.41) is 0. The van der Waals surface area contributed by atoms with Crippen molar-refractivity contribution in [2.45, 2.75) is 25.7 Å². The van der Waals surface area contributed by atoms with Gasteiger partial charge in [-0.1, -0.05) is 24.3 Å². The number of rotatable bonds is 14. The average Bonchev–Trinajstić information content (AvgIpc) is 3.81. The summed E-state index contributed by atoms with van der Waals surface area (Å²) >= 11 is 0. The standard InChI is InChI=1S/C37H32F2N4O3/c38-27-9-15-33(35(19-27)25-5-11-31(12-6-25)45-17-1-3-29-21-40-23-42-29)37(44)34-16-10-28(39)20-36(34)26-7-13-32(14-8-26)46-18-2-4-30-22-41-24-43-30/h5-16,19-24H,1-4,17-18H2,(H,40,42)(H,41,43). The van der Waals surface area contributed by atoms with Crippen molar-refractivity contribution in [3.05, 3.63) is 144 Å². The van der Waals surface area contributed by atoms with Crippen LogP contribution >= 0.6 is 0 Å². The van der Waals surface area contributed by atoms with Crippen molar-refractivity contribution in [2.24, 2.45) is 0 Å². The molecule has 2 N–H and O–H groups in total. The molecular formula is C37H32F2N4O3. The maximum absolute atomic E-state index is 14.5. The van der Waals surface area contributed by atoms with E-state index >= 15 is 0 Å². The summed E-state index contributed by atoms with van der Waals surface area (Å²) in [6, 6.07) is 22.6. The molecule has 4 aromatic carbocycles. The minimum atomic E-state index is -0.467. The highest BCUT2D eigenvalue weighted by atomic mass is 19.1. The zero-order valence-corrected chi connectivity index (χ0v) is 25.0. The highest BCUT2D eigenvalue weighted by molar-refractivity contribution is 6.16. The molecule has 0 saturated heterocycles. The van der Waals surface area contributed by atoms with E-state index in [9.17, 15) is 13.6 Å². The second-order valence-corrected chi connectivity index (χ2v) is 10.8. The van der Waals surface area contributed by atoms with Crippen molar-refractivity contribution in [1.82, 2.24) is 19.9 Å². The molecule has 46 heavy (non-hydrogen) atoms. The predicted octanol–water partition coefficient (Wildman–Crippen LogP) is 8.00. The Hall–Kier alpha value is -5.57. The molecule has 0 atom stereocenters. The highest BCUT2D eigenvalue weighted by Gasteiger charge is 2.20. The van der Waals surface area contributed by atoms with Crippen LogP contribution in [0.5, 0.6) is 11.5 Å². The lowest BCUT2D eigenvalue weighted by Gasteiger charge is -2.14. The first-order valence-electron chi connectivity index (χ1n) is 15.1. The van der Waals surface area contributed by atoms with E-state index in [0.29, 0.717) is 58.1 Å². The fourth-order valence-electron chi connectivity index (χ4n) is 5.26. The van der Waals surface area contributed by atoms with Crippen LogP contribution in [0, 0.1) is 11.6 Å². The van der Waals surface area contributed by atoms with E-state index in [0.717, 1.165) is 37.1 Å². The first kappa shape index (κ1) is 30.5. The maximum atomic E-state index is 14.5. The van der Waals surface area contributed by atoms with Crippen LogP contribution in [0.15, 0.2) is 110 Å².